The number of nitrogens with one attached hydrogen (secondary N) is 1. The number of benzene rings is 2. The van der Waals surface area contributed by atoms with E-state index in [1.54, 1.807) is 37.4 Å². The van der Waals surface area contributed by atoms with Gasteiger partial charge in [-0.3, -0.25) is 9.59 Å². The van der Waals surface area contributed by atoms with Crippen molar-refractivity contribution in [2.24, 2.45) is 0 Å². The molecule has 6 heteroatoms. The van der Waals surface area contributed by atoms with Gasteiger partial charge in [-0.2, -0.15) is 0 Å². The minimum atomic E-state index is -0.398. The Morgan fingerprint density at radius 1 is 1.10 bits per heavy atom. The summed E-state index contributed by atoms with van der Waals surface area (Å²) in [6.07, 6.45) is 1.55. The molecule has 0 aliphatic carbocycles. The van der Waals surface area contributed by atoms with Gasteiger partial charge in [0.25, 0.3) is 11.5 Å². The van der Waals surface area contributed by atoms with Crippen LogP contribution in [-0.2, 0) is 6.54 Å². The summed E-state index contributed by atoms with van der Waals surface area (Å²) in [5.41, 5.74) is 1.49. The van der Waals surface area contributed by atoms with Crippen LogP contribution in [0.4, 0.5) is 4.39 Å². The summed E-state index contributed by atoms with van der Waals surface area (Å²) in [5, 5.41) is 3.13. The first kappa shape index (κ1) is 19.6. The number of rotatable bonds is 5. The van der Waals surface area contributed by atoms with Crippen LogP contribution in [-0.4, -0.2) is 10.5 Å². The molecule has 2 aromatic heterocycles. The lowest BCUT2D eigenvalue weighted by atomic mass is 10.1. The van der Waals surface area contributed by atoms with Gasteiger partial charge in [-0.1, -0.05) is 48.5 Å². The Bertz CT molecular complexity index is 1270. The Morgan fingerprint density at radius 3 is 2.53 bits per heavy atom. The quantitative estimate of drug-likeness (QED) is 0.530. The second-order valence-electron chi connectivity index (χ2n) is 7.22. The molecule has 0 saturated heterocycles. The first-order chi connectivity index (χ1) is 14.5. The van der Waals surface area contributed by atoms with Crippen molar-refractivity contribution >= 4 is 16.9 Å². The molecule has 5 nitrogen and oxygen atoms in total. The molecule has 152 valence electrons. The number of furan rings is 1. The van der Waals surface area contributed by atoms with Crippen molar-refractivity contribution in [1.29, 1.82) is 0 Å². The number of hydrogen-bond donors (Lipinski definition) is 1. The van der Waals surface area contributed by atoms with E-state index in [0.29, 0.717) is 16.9 Å². The van der Waals surface area contributed by atoms with Crippen molar-refractivity contribution in [3.05, 3.63) is 105 Å². The predicted octanol–water partition coefficient (Wildman–Crippen LogP) is 4.58. The minimum Gasteiger partial charge on any atom is -0.460 e. The van der Waals surface area contributed by atoms with E-state index in [0.717, 1.165) is 5.56 Å². The molecule has 4 rings (SSSR count). The molecule has 4 aromatic rings. The van der Waals surface area contributed by atoms with Crippen molar-refractivity contribution in [2.45, 2.75) is 26.4 Å². The van der Waals surface area contributed by atoms with Gasteiger partial charge in [0.15, 0.2) is 0 Å². The van der Waals surface area contributed by atoms with E-state index in [-0.39, 0.29) is 35.3 Å². The van der Waals surface area contributed by atoms with Crippen LogP contribution >= 0.6 is 0 Å². The van der Waals surface area contributed by atoms with Gasteiger partial charge >= 0.3 is 0 Å². The third-order valence-corrected chi connectivity index (χ3v) is 5.16. The van der Waals surface area contributed by atoms with Gasteiger partial charge in [-0.05, 0) is 31.5 Å². The Balaban J connectivity index is 1.71. The average molecular weight is 404 g/mol. The highest BCUT2D eigenvalue weighted by atomic mass is 19.1. The van der Waals surface area contributed by atoms with Crippen LogP contribution in [0.3, 0.4) is 0 Å². The summed E-state index contributed by atoms with van der Waals surface area (Å²) in [6.45, 7) is 3.59. The van der Waals surface area contributed by atoms with Crippen molar-refractivity contribution in [2.75, 3.05) is 0 Å². The largest absolute Gasteiger partial charge is 0.460 e. The predicted molar refractivity (Wildman–Crippen MR) is 113 cm³/mol. The number of halogens is 1. The number of carbonyl (C=O) groups is 1. The van der Waals surface area contributed by atoms with Gasteiger partial charge < -0.3 is 14.3 Å². The van der Waals surface area contributed by atoms with Crippen LogP contribution in [0.25, 0.3) is 11.0 Å². The van der Waals surface area contributed by atoms with E-state index in [9.17, 15) is 14.0 Å². The molecule has 0 radical (unpaired) electrons. The summed E-state index contributed by atoms with van der Waals surface area (Å²) >= 11 is 0. The Hall–Kier alpha value is -3.67. The number of amides is 1. The molecule has 1 N–H and O–H groups in total. The van der Waals surface area contributed by atoms with Crippen LogP contribution in [0.2, 0.25) is 0 Å². The fraction of sp³-hybridized carbons (Fsp3) is 0.167. The smallest absolute Gasteiger partial charge is 0.262 e. The molecule has 1 atom stereocenters. The lowest BCUT2D eigenvalue weighted by Gasteiger charge is -2.14. The lowest BCUT2D eigenvalue weighted by molar-refractivity contribution is 0.0939. The highest BCUT2D eigenvalue weighted by Gasteiger charge is 2.23. The van der Waals surface area contributed by atoms with Gasteiger partial charge in [0.05, 0.1) is 23.5 Å². The van der Waals surface area contributed by atoms with Crippen LogP contribution in [0, 0.1) is 12.7 Å². The summed E-state index contributed by atoms with van der Waals surface area (Å²) in [7, 11) is 0. The monoisotopic (exact) mass is 404 g/mol. The zero-order valence-corrected chi connectivity index (χ0v) is 16.7. The van der Waals surface area contributed by atoms with Gasteiger partial charge in [0.2, 0.25) is 0 Å². The highest BCUT2D eigenvalue weighted by Crippen LogP contribution is 2.24. The summed E-state index contributed by atoms with van der Waals surface area (Å²) in [4.78, 5) is 26.2. The Kier molecular flexibility index (Phi) is 5.23. The third kappa shape index (κ3) is 3.64. The van der Waals surface area contributed by atoms with Gasteiger partial charge in [-0.25, -0.2) is 4.39 Å². The van der Waals surface area contributed by atoms with E-state index in [4.69, 9.17) is 4.42 Å². The second-order valence-corrected chi connectivity index (χ2v) is 7.22. The van der Waals surface area contributed by atoms with E-state index >= 15 is 0 Å². The van der Waals surface area contributed by atoms with Crippen LogP contribution in [0.5, 0.6) is 0 Å². The van der Waals surface area contributed by atoms with Crippen LogP contribution < -0.4 is 10.9 Å². The summed E-state index contributed by atoms with van der Waals surface area (Å²) in [5.74, 6) is -0.408. The molecular weight excluding hydrogens is 383 g/mol. The lowest BCUT2D eigenvalue weighted by Crippen LogP contribution is -2.29. The van der Waals surface area contributed by atoms with Gasteiger partial charge in [-0.15, -0.1) is 0 Å². The van der Waals surface area contributed by atoms with E-state index in [1.807, 2.05) is 37.3 Å². The SMILES string of the molecule is Cc1oc2ccn(Cc3ccccc3F)c(=O)c2c1C(=O)N[C@H](C)c1ccccc1. The standard InChI is InChI=1S/C24H21FN2O3/c1-15(17-8-4-3-5-9-17)26-23(28)21-16(2)30-20-12-13-27(24(29)22(20)21)14-18-10-6-7-11-19(18)25/h3-13,15H,14H2,1-2H3,(H,26,28)/t15-/m1/s1. The fourth-order valence-electron chi connectivity index (χ4n) is 3.57. The Labute approximate surface area is 172 Å². The molecule has 2 aromatic carbocycles. The van der Waals surface area contributed by atoms with Crippen molar-refractivity contribution in [3.63, 3.8) is 0 Å². The molecule has 0 spiro atoms. The number of pyridine rings is 1. The molecular formula is C24H21FN2O3. The fourth-order valence-corrected chi connectivity index (χ4v) is 3.57. The maximum atomic E-state index is 14.0. The van der Waals surface area contributed by atoms with Crippen LogP contribution in [0.1, 0.15) is 40.2 Å². The average Bonchev–Trinajstić information content (AvgIpc) is 3.09. The van der Waals surface area contributed by atoms with E-state index in [2.05, 4.69) is 5.32 Å². The van der Waals surface area contributed by atoms with Crippen molar-refractivity contribution in [3.8, 4) is 0 Å². The molecule has 1 amide bonds. The molecule has 0 saturated carbocycles. The second kappa shape index (κ2) is 7.99. The normalized spacial score (nSPS) is 12.1. The number of nitrogens with zero attached hydrogens (tertiary/aromatic N) is 1. The summed E-state index contributed by atoms with van der Waals surface area (Å²) in [6, 6.07) is 17.2. The zero-order valence-electron chi connectivity index (χ0n) is 16.7. The molecule has 0 fully saturated rings. The zero-order chi connectivity index (χ0) is 21.3. The van der Waals surface area contributed by atoms with Crippen LogP contribution in [0.15, 0.2) is 76.1 Å². The molecule has 0 unspecified atom stereocenters. The van der Waals surface area contributed by atoms with Gasteiger partial charge in [0.1, 0.15) is 17.2 Å². The maximum absolute atomic E-state index is 14.0. The molecule has 0 aliphatic heterocycles. The van der Waals surface area contributed by atoms with Crippen molar-refractivity contribution in [1.82, 2.24) is 9.88 Å². The first-order valence-electron chi connectivity index (χ1n) is 9.67. The summed E-state index contributed by atoms with van der Waals surface area (Å²) < 4.78 is 21.1. The molecule has 0 aliphatic rings. The number of aromatic nitrogens is 1. The molecule has 0 bridgehead atoms. The Morgan fingerprint density at radius 2 is 1.80 bits per heavy atom. The van der Waals surface area contributed by atoms with E-state index < -0.39 is 5.56 Å². The third-order valence-electron chi connectivity index (χ3n) is 5.16. The van der Waals surface area contributed by atoms with Crippen molar-refractivity contribution < 1.29 is 13.6 Å². The number of fused-ring (bicyclic) bond motifs is 1. The topological polar surface area (TPSA) is 64.2 Å². The number of aryl methyl sites for hydroxylation is 1. The number of hydrogen-bond acceptors (Lipinski definition) is 3. The first-order valence-corrected chi connectivity index (χ1v) is 9.67. The molecule has 30 heavy (non-hydrogen) atoms. The molecule has 2 heterocycles. The highest BCUT2D eigenvalue weighted by molar-refractivity contribution is 6.07. The van der Waals surface area contributed by atoms with E-state index in [1.165, 1.54) is 10.6 Å². The van der Waals surface area contributed by atoms with Gasteiger partial charge in [0, 0.05) is 11.8 Å². The number of carbonyl (C=O) groups excluding carboxylic acids is 1. The minimum absolute atomic E-state index is 0.0627. The maximum Gasteiger partial charge on any atom is 0.262 e.